The van der Waals surface area contributed by atoms with Crippen LogP contribution in [-0.2, 0) is 0 Å². The van der Waals surface area contributed by atoms with Gasteiger partial charge in [-0.1, -0.05) is 24.3 Å². The molecule has 3 heteroatoms. The van der Waals surface area contributed by atoms with E-state index in [1.807, 2.05) is 42.5 Å². The van der Waals surface area contributed by atoms with Crippen molar-refractivity contribution < 1.29 is 9.47 Å². The van der Waals surface area contributed by atoms with Crippen LogP contribution in [0, 0.1) is 6.92 Å². The highest BCUT2D eigenvalue weighted by Gasteiger charge is 2.09. The van der Waals surface area contributed by atoms with E-state index in [0.29, 0.717) is 13.2 Å². The van der Waals surface area contributed by atoms with Gasteiger partial charge in [-0.05, 0) is 45.0 Å². The quantitative estimate of drug-likeness (QED) is 0.678. The van der Waals surface area contributed by atoms with E-state index in [9.17, 15) is 0 Å². The molecule has 2 rings (SSSR count). The zero-order valence-electron chi connectivity index (χ0n) is 13.7. The van der Waals surface area contributed by atoms with Gasteiger partial charge >= 0.3 is 0 Å². The summed E-state index contributed by atoms with van der Waals surface area (Å²) in [5, 5.41) is 0. The second kappa shape index (κ2) is 8.32. The summed E-state index contributed by atoms with van der Waals surface area (Å²) < 4.78 is 11.5. The molecule has 0 amide bonds. The summed E-state index contributed by atoms with van der Waals surface area (Å²) in [5.74, 6) is 1.81. The Balaban J connectivity index is 1.91. The molecule has 0 saturated heterocycles. The summed E-state index contributed by atoms with van der Waals surface area (Å²) in [7, 11) is 0. The fourth-order valence-electron chi connectivity index (χ4n) is 2.49. The minimum absolute atomic E-state index is 0.539. The zero-order chi connectivity index (χ0) is 15.8. The van der Waals surface area contributed by atoms with Crippen molar-refractivity contribution in [3.63, 3.8) is 0 Å². The van der Waals surface area contributed by atoms with Crippen molar-refractivity contribution in [1.82, 2.24) is 0 Å². The maximum Gasteiger partial charge on any atom is 0.124 e. The Hall–Kier alpha value is -2.16. The summed E-state index contributed by atoms with van der Waals surface area (Å²) in [6.07, 6.45) is 0. The van der Waals surface area contributed by atoms with Gasteiger partial charge in [0.05, 0.1) is 0 Å². The molecular weight excluding hydrogens is 274 g/mol. The van der Waals surface area contributed by atoms with Crippen molar-refractivity contribution in [2.45, 2.75) is 20.8 Å². The van der Waals surface area contributed by atoms with Crippen molar-refractivity contribution in [3.8, 4) is 11.5 Å². The molecule has 0 bridgehead atoms. The standard InChI is InChI=1S/C19H25NO2/c1-4-20(5-2)18-12-9-13-19(16(18)3)22-15-14-21-17-10-7-6-8-11-17/h6-13H,4-5,14-15H2,1-3H3. The van der Waals surface area contributed by atoms with E-state index < -0.39 is 0 Å². The van der Waals surface area contributed by atoms with Crippen LogP contribution in [0.25, 0.3) is 0 Å². The Morgan fingerprint density at radius 1 is 0.818 bits per heavy atom. The normalized spacial score (nSPS) is 10.3. The predicted molar refractivity (Wildman–Crippen MR) is 92.2 cm³/mol. The third-order valence-corrected chi connectivity index (χ3v) is 3.71. The molecule has 0 aliphatic carbocycles. The lowest BCUT2D eigenvalue weighted by molar-refractivity contribution is 0.216. The van der Waals surface area contributed by atoms with Crippen molar-refractivity contribution in [2.75, 3.05) is 31.2 Å². The SMILES string of the molecule is CCN(CC)c1cccc(OCCOc2ccccc2)c1C. The van der Waals surface area contributed by atoms with Crippen LogP contribution in [0.1, 0.15) is 19.4 Å². The molecule has 0 aromatic heterocycles. The molecule has 0 heterocycles. The molecule has 0 spiro atoms. The average molecular weight is 299 g/mol. The van der Waals surface area contributed by atoms with Crippen LogP contribution in [0.3, 0.4) is 0 Å². The maximum absolute atomic E-state index is 5.89. The Bertz CT molecular complexity index is 565. The van der Waals surface area contributed by atoms with E-state index in [-0.39, 0.29) is 0 Å². The summed E-state index contributed by atoms with van der Waals surface area (Å²) >= 11 is 0. The minimum Gasteiger partial charge on any atom is -0.490 e. The topological polar surface area (TPSA) is 21.7 Å². The highest BCUT2D eigenvalue weighted by molar-refractivity contribution is 5.58. The number of hydrogen-bond acceptors (Lipinski definition) is 3. The van der Waals surface area contributed by atoms with Gasteiger partial charge in [-0.25, -0.2) is 0 Å². The van der Waals surface area contributed by atoms with Gasteiger partial charge in [-0.2, -0.15) is 0 Å². The molecule has 2 aromatic rings. The molecule has 0 unspecified atom stereocenters. The van der Waals surface area contributed by atoms with Crippen molar-refractivity contribution in [1.29, 1.82) is 0 Å². The Morgan fingerprint density at radius 2 is 1.50 bits per heavy atom. The van der Waals surface area contributed by atoms with Crippen LogP contribution in [0.5, 0.6) is 11.5 Å². The van der Waals surface area contributed by atoms with E-state index in [1.54, 1.807) is 0 Å². The van der Waals surface area contributed by atoms with Crippen LogP contribution >= 0.6 is 0 Å². The lowest BCUT2D eigenvalue weighted by Gasteiger charge is -2.24. The van der Waals surface area contributed by atoms with Crippen LogP contribution in [0.2, 0.25) is 0 Å². The molecule has 0 atom stereocenters. The van der Waals surface area contributed by atoms with Gasteiger partial charge in [0.2, 0.25) is 0 Å². The molecule has 0 fully saturated rings. The Kier molecular flexibility index (Phi) is 6.13. The number of nitrogens with zero attached hydrogens (tertiary/aromatic N) is 1. The molecule has 22 heavy (non-hydrogen) atoms. The largest absolute Gasteiger partial charge is 0.490 e. The van der Waals surface area contributed by atoms with E-state index in [0.717, 1.165) is 24.6 Å². The second-order valence-corrected chi connectivity index (χ2v) is 5.08. The first-order valence-corrected chi connectivity index (χ1v) is 7.91. The number of para-hydroxylation sites is 1. The van der Waals surface area contributed by atoms with Gasteiger partial charge in [0.15, 0.2) is 0 Å². The first kappa shape index (κ1) is 16.2. The molecule has 0 aliphatic rings. The number of benzene rings is 2. The number of hydrogen-bond donors (Lipinski definition) is 0. The van der Waals surface area contributed by atoms with E-state index >= 15 is 0 Å². The molecule has 0 radical (unpaired) electrons. The maximum atomic E-state index is 5.89. The summed E-state index contributed by atoms with van der Waals surface area (Å²) in [4.78, 5) is 2.34. The zero-order valence-corrected chi connectivity index (χ0v) is 13.7. The summed E-state index contributed by atoms with van der Waals surface area (Å²) in [6, 6.07) is 16.0. The summed E-state index contributed by atoms with van der Waals surface area (Å²) in [5.41, 5.74) is 2.43. The van der Waals surface area contributed by atoms with E-state index in [2.05, 4.69) is 31.7 Å². The molecule has 118 valence electrons. The third-order valence-electron chi connectivity index (χ3n) is 3.71. The highest BCUT2D eigenvalue weighted by Crippen LogP contribution is 2.28. The Labute approximate surface area is 133 Å². The van der Waals surface area contributed by atoms with Gasteiger partial charge < -0.3 is 14.4 Å². The smallest absolute Gasteiger partial charge is 0.124 e. The van der Waals surface area contributed by atoms with Gasteiger partial charge in [0, 0.05) is 24.3 Å². The monoisotopic (exact) mass is 299 g/mol. The lowest BCUT2D eigenvalue weighted by Crippen LogP contribution is -2.23. The summed E-state index contributed by atoms with van der Waals surface area (Å²) in [6.45, 7) is 9.53. The van der Waals surface area contributed by atoms with Gasteiger partial charge in [-0.15, -0.1) is 0 Å². The first-order chi connectivity index (χ1) is 10.8. The fourth-order valence-corrected chi connectivity index (χ4v) is 2.49. The van der Waals surface area contributed by atoms with Crippen LogP contribution in [0.15, 0.2) is 48.5 Å². The highest BCUT2D eigenvalue weighted by atomic mass is 16.5. The third kappa shape index (κ3) is 4.17. The number of ether oxygens (including phenoxy) is 2. The van der Waals surface area contributed by atoms with Crippen molar-refractivity contribution in [2.24, 2.45) is 0 Å². The first-order valence-electron chi connectivity index (χ1n) is 7.91. The van der Waals surface area contributed by atoms with Gasteiger partial charge in [0.25, 0.3) is 0 Å². The van der Waals surface area contributed by atoms with Gasteiger partial charge in [-0.3, -0.25) is 0 Å². The molecule has 0 saturated carbocycles. The average Bonchev–Trinajstić information content (AvgIpc) is 2.56. The van der Waals surface area contributed by atoms with Gasteiger partial charge in [0.1, 0.15) is 24.7 Å². The second-order valence-electron chi connectivity index (χ2n) is 5.08. The fraction of sp³-hybridized carbons (Fsp3) is 0.368. The van der Waals surface area contributed by atoms with Crippen molar-refractivity contribution >= 4 is 5.69 Å². The molecule has 2 aromatic carbocycles. The predicted octanol–water partition coefficient (Wildman–Crippen LogP) is 4.30. The number of rotatable bonds is 8. The molecule has 3 nitrogen and oxygen atoms in total. The van der Waals surface area contributed by atoms with E-state index in [1.165, 1.54) is 11.3 Å². The van der Waals surface area contributed by atoms with E-state index in [4.69, 9.17) is 9.47 Å². The van der Waals surface area contributed by atoms with Crippen LogP contribution in [-0.4, -0.2) is 26.3 Å². The van der Waals surface area contributed by atoms with Crippen molar-refractivity contribution in [3.05, 3.63) is 54.1 Å². The number of anilines is 1. The minimum atomic E-state index is 0.539. The van der Waals surface area contributed by atoms with Crippen LogP contribution in [0.4, 0.5) is 5.69 Å². The molecule has 0 aliphatic heterocycles. The molecular formula is C19H25NO2. The lowest BCUT2D eigenvalue weighted by atomic mass is 10.1. The molecule has 0 N–H and O–H groups in total. The Morgan fingerprint density at radius 3 is 2.18 bits per heavy atom. The van der Waals surface area contributed by atoms with Crippen LogP contribution < -0.4 is 14.4 Å².